The molecule has 0 saturated carbocycles. The van der Waals surface area contributed by atoms with Gasteiger partial charge < -0.3 is 5.32 Å². The Morgan fingerprint density at radius 3 is 2.67 bits per heavy atom. The van der Waals surface area contributed by atoms with Crippen molar-refractivity contribution in [3.63, 3.8) is 0 Å². The molecule has 0 aliphatic heterocycles. The van der Waals surface area contributed by atoms with Crippen LogP contribution in [0, 0.1) is 13.8 Å². The van der Waals surface area contributed by atoms with Gasteiger partial charge in [-0.15, -0.1) is 0 Å². The summed E-state index contributed by atoms with van der Waals surface area (Å²) < 4.78 is 0. The lowest BCUT2D eigenvalue weighted by Crippen LogP contribution is -2.24. The van der Waals surface area contributed by atoms with Crippen LogP contribution in [0.1, 0.15) is 36.5 Å². The summed E-state index contributed by atoms with van der Waals surface area (Å²) >= 11 is 5.35. The van der Waals surface area contributed by atoms with Gasteiger partial charge in [-0.2, -0.15) is 0 Å². The third kappa shape index (κ3) is 3.63. The number of rotatable bonds is 4. The van der Waals surface area contributed by atoms with E-state index in [0.717, 1.165) is 17.1 Å². The minimum absolute atomic E-state index is 0.876. The number of hydrogen-bond acceptors (Lipinski definition) is 1. The van der Waals surface area contributed by atoms with Gasteiger partial charge in [-0.3, -0.25) is 0 Å². The zero-order valence-corrected chi connectivity index (χ0v) is 10.6. The molecule has 0 radical (unpaired) electrons. The first-order chi connectivity index (χ1) is 7.15. The van der Waals surface area contributed by atoms with Gasteiger partial charge in [0.05, 0.1) is 0 Å². The molecule has 0 aromatic heterocycles. The maximum Gasteiger partial charge on any atom is 0.106 e. The number of benzene rings is 1. The van der Waals surface area contributed by atoms with Crippen LogP contribution in [-0.4, -0.2) is 11.5 Å². The lowest BCUT2D eigenvalue weighted by Gasteiger charge is -2.10. The Morgan fingerprint density at radius 2 is 2.07 bits per heavy atom. The Bertz CT molecular complexity index is 344. The second kappa shape index (κ2) is 5.86. The summed E-state index contributed by atoms with van der Waals surface area (Å²) in [5.41, 5.74) is 3.70. The fourth-order valence-electron chi connectivity index (χ4n) is 1.54. The van der Waals surface area contributed by atoms with Crippen molar-refractivity contribution in [3.05, 3.63) is 34.9 Å². The maximum atomic E-state index is 5.35. The van der Waals surface area contributed by atoms with Gasteiger partial charge in [0, 0.05) is 12.1 Å². The number of aryl methyl sites for hydroxylation is 2. The standard InChI is InChI=1S/C13H19NS/c1-4-5-8-14-13(15)12-7-6-10(2)9-11(12)3/h6-7,9H,4-5,8H2,1-3H3,(H,14,15). The fourth-order valence-corrected chi connectivity index (χ4v) is 1.87. The predicted octanol–water partition coefficient (Wildman–Crippen LogP) is 3.37. The highest BCUT2D eigenvalue weighted by Gasteiger charge is 2.03. The van der Waals surface area contributed by atoms with Crippen LogP contribution in [-0.2, 0) is 0 Å². The molecule has 1 rings (SSSR count). The van der Waals surface area contributed by atoms with Crippen molar-refractivity contribution in [1.82, 2.24) is 5.32 Å². The van der Waals surface area contributed by atoms with Crippen LogP contribution >= 0.6 is 12.2 Å². The average molecular weight is 221 g/mol. The van der Waals surface area contributed by atoms with Crippen LogP contribution in [0.5, 0.6) is 0 Å². The number of nitrogens with one attached hydrogen (secondary N) is 1. The van der Waals surface area contributed by atoms with Crippen LogP contribution in [0.2, 0.25) is 0 Å². The lowest BCUT2D eigenvalue weighted by molar-refractivity contribution is 0.759. The monoisotopic (exact) mass is 221 g/mol. The minimum Gasteiger partial charge on any atom is -0.376 e. The van der Waals surface area contributed by atoms with Crippen molar-refractivity contribution in [2.75, 3.05) is 6.54 Å². The van der Waals surface area contributed by atoms with Crippen LogP contribution in [0.15, 0.2) is 18.2 Å². The van der Waals surface area contributed by atoms with E-state index in [-0.39, 0.29) is 0 Å². The van der Waals surface area contributed by atoms with Gasteiger partial charge in [-0.1, -0.05) is 49.3 Å². The SMILES string of the molecule is CCCCNC(=S)c1ccc(C)cc1C. The average Bonchev–Trinajstić information content (AvgIpc) is 2.17. The fraction of sp³-hybridized carbons (Fsp3) is 0.462. The molecule has 1 nitrogen and oxygen atoms in total. The highest BCUT2D eigenvalue weighted by Crippen LogP contribution is 2.10. The van der Waals surface area contributed by atoms with E-state index in [9.17, 15) is 0 Å². The van der Waals surface area contributed by atoms with Crippen molar-refractivity contribution < 1.29 is 0 Å². The van der Waals surface area contributed by atoms with Crippen molar-refractivity contribution >= 4 is 17.2 Å². The van der Waals surface area contributed by atoms with Gasteiger partial charge in [0.2, 0.25) is 0 Å². The smallest absolute Gasteiger partial charge is 0.106 e. The molecule has 0 bridgehead atoms. The van der Waals surface area contributed by atoms with Crippen molar-refractivity contribution in [2.24, 2.45) is 0 Å². The molecular formula is C13H19NS. The molecule has 0 spiro atoms. The first kappa shape index (κ1) is 12.2. The van der Waals surface area contributed by atoms with Crippen LogP contribution in [0.4, 0.5) is 0 Å². The van der Waals surface area contributed by atoms with E-state index >= 15 is 0 Å². The molecule has 0 aliphatic rings. The minimum atomic E-state index is 0.876. The molecule has 1 aromatic carbocycles. The third-order valence-electron chi connectivity index (χ3n) is 2.44. The van der Waals surface area contributed by atoms with E-state index in [1.165, 1.54) is 24.0 Å². The highest BCUT2D eigenvalue weighted by atomic mass is 32.1. The van der Waals surface area contributed by atoms with Crippen molar-refractivity contribution in [2.45, 2.75) is 33.6 Å². The summed E-state index contributed by atoms with van der Waals surface area (Å²) in [6, 6.07) is 6.38. The van der Waals surface area contributed by atoms with E-state index in [4.69, 9.17) is 12.2 Å². The summed E-state index contributed by atoms with van der Waals surface area (Å²) in [7, 11) is 0. The van der Waals surface area contributed by atoms with Crippen molar-refractivity contribution in [1.29, 1.82) is 0 Å². The Hall–Kier alpha value is -0.890. The normalized spacial score (nSPS) is 10.1. The molecular weight excluding hydrogens is 202 g/mol. The molecule has 0 fully saturated rings. The van der Waals surface area contributed by atoms with Gasteiger partial charge >= 0.3 is 0 Å². The summed E-state index contributed by atoms with van der Waals surface area (Å²) in [5.74, 6) is 0. The highest BCUT2D eigenvalue weighted by molar-refractivity contribution is 7.80. The van der Waals surface area contributed by atoms with Crippen LogP contribution in [0.3, 0.4) is 0 Å². The van der Waals surface area contributed by atoms with E-state index < -0.39 is 0 Å². The Balaban J connectivity index is 2.65. The summed E-state index contributed by atoms with van der Waals surface area (Å²) in [6.45, 7) is 7.37. The van der Waals surface area contributed by atoms with Gasteiger partial charge in [0.1, 0.15) is 4.99 Å². The molecule has 0 atom stereocenters. The summed E-state index contributed by atoms with van der Waals surface area (Å²) in [5, 5.41) is 3.29. The predicted molar refractivity (Wildman–Crippen MR) is 70.5 cm³/mol. The van der Waals surface area contributed by atoms with Gasteiger partial charge in [0.25, 0.3) is 0 Å². The lowest BCUT2D eigenvalue weighted by atomic mass is 10.1. The molecule has 1 N–H and O–H groups in total. The zero-order valence-electron chi connectivity index (χ0n) is 9.76. The molecule has 0 saturated heterocycles. The first-order valence-corrected chi connectivity index (χ1v) is 5.91. The molecule has 2 heteroatoms. The Labute approximate surface area is 97.9 Å². The van der Waals surface area contributed by atoms with Gasteiger partial charge in [-0.05, 0) is 25.8 Å². The van der Waals surface area contributed by atoms with E-state index in [2.05, 4.69) is 44.3 Å². The van der Waals surface area contributed by atoms with Gasteiger partial charge in [0.15, 0.2) is 0 Å². The Kier molecular flexibility index (Phi) is 4.76. The van der Waals surface area contributed by atoms with E-state index in [0.29, 0.717) is 0 Å². The maximum absolute atomic E-state index is 5.35. The van der Waals surface area contributed by atoms with Crippen molar-refractivity contribution in [3.8, 4) is 0 Å². The van der Waals surface area contributed by atoms with Crippen LogP contribution in [0.25, 0.3) is 0 Å². The molecule has 1 aromatic rings. The Morgan fingerprint density at radius 1 is 1.33 bits per heavy atom. The topological polar surface area (TPSA) is 12.0 Å². The second-order valence-corrected chi connectivity index (χ2v) is 4.34. The number of hydrogen-bond donors (Lipinski definition) is 1. The second-order valence-electron chi connectivity index (χ2n) is 3.93. The first-order valence-electron chi connectivity index (χ1n) is 5.50. The molecule has 82 valence electrons. The number of thiocarbonyl (C=S) groups is 1. The van der Waals surface area contributed by atoms with Gasteiger partial charge in [-0.25, -0.2) is 0 Å². The van der Waals surface area contributed by atoms with E-state index in [1.54, 1.807) is 0 Å². The molecule has 0 heterocycles. The van der Waals surface area contributed by atoms with Crippen LogP contribution < -0.4 is 5.32 Å². The largest absolute Gasteiger partial charge is 0.376 e. The third-order valence-corrected chi connectivity index (χ3v) is 2.81. The molecule has 0 amide bonds. The molecule has 0 unspecified atom stereocenters. The molecule has 15 heavy (non-hydrogen) atoms. The zero-order chi connectivity index (χ0) is 11.3. The molecule has 0 aliphatic carbocycles. The quantitative estimate of drug-likeness (QED) is 0.618. The summed E-state index contributed by atoms with van der Waals surface area (Å²) in [6.07, 6.45) is 2.37. The number of unbranched alkanes of at least 4 members (excludes halogenated alkanes) is 1. The van der Waals surface area contributed by atoms with E-state index in [1.807, 2.05) is 0 Å². The summed E-state index contributed by atoms with van der Waals surface area (Å²) in [4.78, 5) is 0.876.